The summed E-state index contributed by atoms with van der Waals surface area (Å²) in [5.74, 6) is -0.139. The van der Waals surface area contributed by atoms with E-state index in [2.05, 4.69) is 20.8 Å². The van der Waals surface area contributed by atoms with Crippen LogP contribution in [0.5, 0.6) is 0 Å². The second-order valence-corrected chi connectivity index (χ2v) is 10.8. The molecular formula is C26H32F4N6O2S. The van der Waals surface area contributed by atoms with Gasteiger partial charge in [0.05, 0.1) is 11.4 Å². The summed E-state index contributed by atoms with van der Waals surface area (Å²) < 4.78 is 59.8. The zero-order valence-electron chi connectivity index (χ0n) is 22.0. The van der Waals surface area contributed by atoms with Gasteiger partial charge in [0.2, 0.25) is 11.8 Å². The number of carbonyl (C=O) groups is 1. The van der Waals surface area contributed by atoms with Crippen molar-refractivity contribution in [1.82, 2.24) is 20.4 Å². The summed E-state index contributed by atoms with van der Waals surface area (Å²) in [7, 11) is 1.86. The number of amides is 1. The van der Waals surface area contributed by atoms with Crippen LogP contribution in [0.2, 0.25) is 0 Å². The summed E-state index contributed by atoms with van der Waals surface area (Å²) in [5.41, 5.74) is 1.91. The minimum absolute atomic E-state index is 0.00551. The van der Waals surface area contributed by atoms with Gasteiger partial charge in [0.15, 0.2) is 0 Å². The minimum Gasteiger partial charge on any atom is -0.421 e. The molecule has 0 bridgehead atoms. The van der Waals surface area contributed by atoms with E-state index in [4.69, 9.17) is 4.42 Å². The maximum atomic E-state index is 13.6. The highest BCUT2D eigenvalue weighted by Gasteiger charge is 2.42. The molecule has 2 N–H and O–H groups in total. The van der Waals surface area contributed by atoms with Gasteiger partial charge < -0.3 is 24.9 Å². The van der Waals surface area contributed by atoms with Gasteiger partial charge >= 0.3 is 6.18 Å². The first-order chi connectivity index (χ1) is 18.5. The predicted molar refractivity (Wildman–Crippen MR) is 142 cm³/mol. The molecule has 0 radical (unpaired) electrons. The lowest BCUT2D eigenvalue weighted by Gasteiger charge is -2.26. The summed E-state index contributed by atoms with van der Waals surface area (Å²) in [5, 5.41) is 15.9. The number of anilines is 2. The molecule has 0 saturated carbocycles. The Morgan fingerprint density at radius 2 is 2.05 bits per heavy atom. The summed E-state index contributed by atoms with van der Waals surface area (Å²) in [6.45, 7) is 3.30. The van der Waals surface area contributed by atoms with Gasteiger partial charge in [-0.3, -0.25) is 4.79 Å². The Morgan fingerprint density at radius 3 is 2.74 bits per heavy atom. The summed E-state index contributed by atoms with van der Waals surface area (Å²) in [6, 6.07) is 7.85. The average molecular weight is 569 g/mol. The van der Waals surface area contributed by atoms with Crippen LogP contribution in [-0.2, 0) is 13.0 Å². The lowest BCUT2D eigenvalue weighted by molar-refractivity contribution is -0.120. The molecule has 1 aromatic carbocycles. The van der Waals surface area contributed by atoms with Crippen LogP contribution in [0.15, 0.2) is 40.1 Å². The van der Waals surface area contributed by atoms with Crippen LogP contribution >= 0.6 is 11.3 Å². The molecule has 212 valence electrons. The van der Waals surface area contributed by atoms with E-state index in [1.54, 1.807) is 29.6 Å². The minimum atomic E-state index is -4.45. The Labute approximate surface area is 228 Å². The number of hydrogen-bond donors (Lipinski definition) is 2. The molecule has 3 atom stereocenters. The fourth-order valence-corrected chi connectivity index (χ4v) is 5.31. The highest BCUT2D eigenvalue weighted by molar-refractivity contribution is 7.12. The van der Waals surface area contributed by atoms with Crippen LogP contribution in [0, 0.1) is 0 Å². The number of halogens is 4. The van der Waals surface area contributed by atoms with Gasteiger partial charge in [-0.2, -0.15) is 13.2 Å². The van der Waals surface area contributed by atoms with E-state index in [0.29, 0.717) is 23.7 Å². The molecule has 0 aliphatic carbocycles. The number of nitrogens with zero attached hydrogens (tertiary/aromatic N) is 4. The van der Waals surface area contributed by atoms with Crippen LogP contribution in [-0.4, -0.2) is 66.1 Å². The molecule has 39 heavy (non-hydrogen) atoms. The molecule has 1 aliphatic rings. The van der Waals surface area contributed by atoms with Crippen molar-refractivity contribution in [2.75, 3.05) is 36.9 Å². The van der Waals surface area contributed by atoms with E-state index >= 15 is 0 Å². The third-order valence-electron chi connectivity index (χ3n) is 6.41. The van der Waals surface area contributed by atoms with Crippen LogP contribution < -0.4 is 15.5 Å². The van der Waals surface area contributed by atoms with Crippen molar-refractivity contribution in [3.05, 3.63) is 57.9 Å². The Morgan fingerprint density at radius 1 is 1.26 bits per heavy atom. The molecule has 4 rings (SSSR count). The largest absolute Gasteiger partial charge is 0.421 e. The molecular weight excluding hydrogens is 536 g/mol. The number of benzene rings is 1. The SMILES string of the molecule is CC(F)CN(C)CCC(C)Nc1cccc2c1CC(c1nnc(CNC(=O)c3cccs3)o1)N2CC(F)(F)F. The maximum Gasteiger partial charge on any atom is 0.405 e. The molecule has 8 nitrogen and oxygen atoms in total. The van der Waals surface area contributed by atoms with Crippen molar-refractivity contribution in [3.8, 4) is 0 Å². The normalized spacial score (nSPS) is 16.8. The lowest BCUT2D eigenvalue weighted by Crippen LogP contribution is -2.35. The fraction of sp³-hybridized carbons (Fsp3) is 0.500. The van der Waals surface area contributed by atoms with Gasteiger partial charge in [-0.1, -0.05) is 12.1 Å². The number of fused-ring (bicyclic) bond motifs is 1. The number of thiophene rings is 1. The highest BCUT2D eigenvalue weighted by Crippen LogP contribution is 2.44. The lowest BCUT2D eigenvalue weighted by atomic mass is 10.1. The molecule has 3 aromatic rings. The van der Waals surface area contributed by atoms with Gasteiger partial charge in [0.25, 0.3) is 5.91 Å². The second-order valence-electron chi connectivity index (χ2n) is 9.84. The van der Waals surface area contributed by atoms with Gasteiger partial charge in [0, 0.05) is 35.9 Å². The van der Waals surface area contributed by atoms with Gasteiger partial charge in [0.1, 0.15) is 18.8 Å². The van der Waals surface area contributed by atoms with Gasteiger partial charge in [-0.05, 0) is 57.4 Å². The number of nitrogens with one attached hydrogen (secondary N) is 2. The molecule has 3 unspecified atom stereocenters. The quantitative estimate of drug-likeness (QED) is 0.290. The number of hydrogen-bond acceptors (Lipinski definition) is 8. The maximum absolute atomic E-state index is 13.6. The second kappa shape index (κ2) is 12.3. The first kappa shape index (κ1) is 28.8. The number of aromatic nitrogens is 2. The molecule has 13 heteroatoms. The standard InChI is InChI=1S/C26H32F4N6O2S/c1-16(27)14-35(3)10-9-17(2)32-19-6-4-7-20-18(19)12-21(36(20)15-26(28,29)30)25-34-33-23(38-25)13-31-24(37)22-8-5-11-39-22/h4-8,11,16-17,21,32H,9-10,12-15H2,1-3H3,(H,31,37). The van der Waals surface area contributed by atoms with Crippen molar-refractivity contribution in [1.29, 1.82) is 0 Å². The van der Waals surface area contributed by atoms with Gasteiger partial charge in [-0.25, -0.2) is 4.39 Å². The molecule has 0 fully saturated rings. The van der Waals surface area contributed by atoms with E-state index in [-0.39, 0.29) is 36.7 Å². The number of rotatable bonds is 12. The van der Waals surface area contributed by atoms with Crippen molar-refractivity contribution in [3.63, 3.8) is 0 Å². The molecule has 3 heterocycles. The molecule has 0 saturated heterocycles. The first-order valence-electron chi connectivity index (χ1n) is 12.7. The smallest absolute Gasteiger partial charge is 0.405 e. The fourth-order valence-electron chi connectivity index (χ4n) is 4.67. The van der Waals surface area contributed by atoms with E-state index in [1.165, 1.54) is 23.2 Å². The molecule has 1 amide bonds. The zero-order chi connectivity index (χ0) is 28.2. The van der Waals surface area contributed by atoms with Crippen molar-refractivity contribution in [2.45, 2.75) is 57.7 Å². The number of alkyl halides is 4. The monoisotopic (exact) mass is 568 g/mol. The highest BCUT2D eigenvalue weighted by atomic mass is 32.1. The molecule has 2 aromatic heterocycles. The van der Waals surface area contributed by atoms with Gasteiger partial charge in [-0.15, -0.1) is 21.5 Å². The summed E-state index contributed by atoms with van der Waals surface area (Å²) >= 11 is 1.29. The van der Waals surface area contributed by atoms with Crippen LogP contribution in [0.1, 0.15) is 53.3 Å². The van der Waals surface area contributed by atoms with Crippen molar-refractivity contribution < 1.29 is 26.8 Å². The number of carbonyl (C=O) groups excluding carboxylic acids is 1. The topological polar surface area (TPSA) is 86.5 Å². The van der Waals surface area contributed by atoms with E-state index in [9.17, 15) is 22.4 Å². The Kier molecular flexibility index (Phi) is 9.11. The summed E-state index contributed by atoms with van der Waals surface area (Å²) in [4.78, 5) is 15.9. The van der Waals surface area contributed by atoms with Crippen LogP contribution in [0.4, 0.5) is 28.9 Å². The molecule has 1 aliphatic heterocycles. The Hall–Kier alpha value is -3.19. The first-order valence-corrected chi connectivity index (χ1v) is 13.6. The van der Waals surface area contributed by atoms with E-state index in [0.717, 1.165) is 17.7 Å². The molecule has 0 spiro atoms. The van der Waals surface area contributed by atoms with Crippen molar-refractivity contribution in [2.24, 2.45) is 0 Å². The third-order valence-corrected chi connectivity index (χ3v) is 7.27. The summed E-state index contributed by atoms with van der Waals surface area (Å²) in [6.07, 6.45) is -4.40. The van der Waals surface area contributed by atoms with E-state index in [1.807, 2.05) is 24.9 Å². The predicted octanol–water partition coefficient (Wildman–Crippen LogP) is 5.21. The third kappa shape index (κ3) is 7.69. The Bertz CT molecular complexity index is 1230. The van der Waals surface area contributed by atoms with Crippen LogP contribution in [0.25, 0.3) is 0 Å². The van der Waals surface area contributed by atoms with Crippen molar-refractivity contribution >= 4 is 28.6 Å². The van der Waals surface area contributed by atoms with E-state index < -0.39 is 24.9 Å². The Balaban J connectivity index is 1.48. The average Bonchev–Trinajstić information content (AvgIpc) is 3.61. The van der Waals surface area contributed by atoms with Crippen LogP contribution in [0.3, 0.4) is 0 Å². The zero-order valence-corrected chi connectivity index (χ0v) is 22.8.